The van der Waals surface area contributed by atoms with Crippen molar-refractivity contribution in [1.82, 2.24) is 9.80 Å². The summed E-state index contributed by atoms with van der Waals surface area (Å²) in [7, 11) is 4.39. The molecule has 22 heavy (non-hydrogen) atoms. The first kappa shape index (κ1) is 18.9. The summed E-state index contributed by atoms with van der Waals surface area (Å²) in [5.74, 6) is 0. The molecule has 0 bridgehead atoms. The van der Waals surface area contributed by atoms with Crippen molar-refractivity contribution < 1.29 is 0 Å². The summed E-state index contributed by atoms with van der Waals surface area (Å²) in [5.41, 5.74) is 4.27. The Morgan fingerprint density at radius 1 is 0.955 bits per heavy atom. The second-order valence-electron chi connectivity index (χ2n) is 6.93. The van der Waals surface area contributed by atoms with E-state index in [4.69, 9.17) is 0 Å². The monoisotopic (exact) mass is 302 g/mol. The van der Waals surface area contributed by atoms with Crippen molar-refractivity contribution in [3.63, 3.8) is 0 Å². The van der Waals surface area contributed by atoms with Crippen LogP contribution in [0.1, 0.15) is 38.8 Å². The van der Waals surface area contributed by atoms with E-state index in [1.165, 1.54) is 16.7 Å². The van der Waals surface area contributed by atoms with Crippen LogP contribution in [0, 0.1) is 0 Å². The fraction of sp³-hybridized carbons (Fsp3) is 0.600. The van der Waals surface area contributed by atoms with Crippen molar-refractivity contribution >= 4 is 0 Å². The molecule has 0 heterocycles. The van der Waals surface area contributed by atoms with Crippen molar-refractivity contribution in [3.05, 3.63) is 47.0 Å². The summed E-state index contributed by atoms with van der Waals surface area (Å²) in [6.07, 6.45) is 4.54. The molecule has 0 saturated heterocycles. The molecule has 0 aliphatic rings. The van der Waals surface area contributed by atoms with Crippen LogP contribution in [0.2, 0.25) is 0 Å². The lowest BCUT2D eigenvalue weighted by Gasteiger charge is -2.20. The van der Waals surface area contributed by atoms with Gasteiger partial charge in [0.1, 0.15) is 0 Å². The molecule has 0 unspecified atom stereocenters. The highest BCUT2D eigenvalue weighted by Crippen LogP contribution is 2.08. The third-order valence-corrected chi connectivity index (χ3v) is 4.25. The Morgan fingerprint density at radius 2 is 1.45 bits per heavy atom. The minimum Gasteiger partial charge on any atom is -0.304 e. The number of likely N-dealkylation sites (N-methyl/N-ethyl adjacent to an activating group) is 2. The molecule has 1 aromatic rings. The van der Waals surface area contributed by atoms with Gasteiger partial charge in [-0.1, -0.05) is 35.9 Å². The zero-order valence-corrected chi connectivity index (χ0v) is 15.4. The molecule has 0 spiro atoms. The van der Waals surface area contributed by atoms with E-state index in [0.29, 0.717) is 6.04 Å². The Hall–Kier alpha value is -1.12. The van der Waals surface area contributed by atoms with Crippen LogP contribution in [-0.2, 0) is 12.8 Å². The van der Waals surface area contributed by atoms with Gasteiger partial charge in [0.15, 0.2) is 0 Å². The first-order chi connectivity index (χ1) is 10.4. The molecular formula is C20H34N2. The quantitative estimate of drug-likeness (QED) is 0.636. The van der Waals surface area contributed by atoms with Crippen LogP contribution in [0.4, 0.5) is 0 Å². The van der Waals surface area contributed by atoms with E-state index in [1.54, 1.807) is 0 Å². The summed E-state index contributed by atoms with van der Waals surface area (Å²) < 4.78 is 0. The molecule has 0 aliphatic carbocycles. The molecule has 0 saturated carbocycles. The Morgan fingerprint density at radius 3 is 1.91 bits per heavy atom. The normalized spacial score (nSPS) is 11.5. The minimum atomic E-state index is 0.621. The number of hydrogen-bond donors (Lipinski definition) is 0. The summed E-state index contributed by atoms with van der Waals surface area (Å²) in [6.45, 7) is 12.1. The Labute approximate surface area is 137 Å². The van der Waals surface area contributed by atoms with Gasteiger partial charge in [0.25, 0.3) is 0 Å². The van der Waals surface area contributed by atoms with Gasteiger partial charge in [0.05, 0.1) is 0 Å². The average molecular weight is 303 g/mol. The van der Waals surface area contributed by atoms with Crippen LogP contribution in [0.3, 0.4) is 0 Å². The lowest BCUT2D eigenvalue weighted by Crippen LogP contribution is -2.28. The van der Waals surface area contributed by atoms with Crippen molar-refractivity contribution in [2.75, 3.05) is 33.7 Å². The molecule has 0 fully saturated rings. The first-order valence-corrected chi connectivity index (χ1v) is 8.48. The number of benzene rings is 1. The predicted octanol–water partition coefficient (Wildman–Crippen LogP) is 4.01. The van der Waals surface area contributed by atoms with Gasteiger partial charge >= 0.3 is 0 Å². The Bertz CT molecular complexity index is 441. The molecule has 0 radical (unpaired) electrons. The predicted molar refractivity (Wildman–Crippen MR) is 98.5 cm³/mol. The van der Waals surface area contributed by atoms with Crippen molar-refractivity contribution in [3.8, 4) is 0 Å². The largest absolute Gasteiger partial charge is 0.304 e. The topological polar surface area (TPSA) is 6.48 Å². The molecule has 0 atom stereocenters. The van der Waals surface area contributed by atoms with Gasteiger partial charge in [-0.05, 0) is 65.8 Å². The molecular weight excluding hydrogens is 268 g/mol. The van der Waals surface area contributed by atoms with E-state index >= 15 is 0 Å². The smallest absolute Gasteiger partial charge is 0.0162 e. The number of allylic oxidation sites excluding steroid dienone is 1. The SMILES string of the molecule is CC(C)=CCN(C)CCc1ccc(CCN(C)C(C)C)cc1. The Balaban J connectivity index is 2.37. The van der Waals surface area contributed by atoms with E-state index in [9.17, 15) is 0 Å². The fourth-order valence-electron chi connectivity index (χ4n) is 2.19. The summed E-state index contributed by atoms with van der Waals surface area (Å²) in [4.78, 5) is 4.77. The maximum atomic E-state index is 2.39. The Kier molecular flexibility index (Phi) is 8.44. The average Bonchev–Trinajstić information content (AvgIpc) is 2.49. The summed E-state index contributed by atoms with van der Waals surface area (Å²) in [5, 5.41) is 0. The number of nitrogens with zero attached hydrogens (tertiary/aromatic N) is 2. The van der Waals surface area contributed by atoms with Crippen LogP contribution in [0.15, 0.2) is 35.9 Å². The number of hydrogen-bond acceptors (Lipinski definition) is 2. The summed E-state index contributed by atoms with van der Waals surface area (Å²) >= 11 is 0. The molecule has 124 valence electrons. The zero-order valence-electron chi connectivity index (χ0n) is 15.4. The standard InChI is InChI=1S/C20H34N2/c1-17(2)11-14-21(5)15-12-19-7-9-20(10-8-19)13-16-22(6)18(3)4/h7-11,18H,12-16H2,1-6H3. The number of rotatable bonds is 9. The molecule has 0 aromatic heterocycles. The summed E-state index contributed by atoms with van der Waals surface area (Å²) in [6, 6.07) is 9.79. The second kappa shape index (κ2) is 9.81. The third kappa shape index (κ3) is 7.77. The highest BCUT2D eigenvalue weighted by Gasteiger charge is 2.03. The molecule has 1 rings (SSSR count). The highest BCUT2D eigenvalue weighted by atomic mass is 15.1. The van der Waals surface area contributed by atoms with E-state index in [1.807, 2.05) is 0 Å². The van der Waals surface area contributed by atoms with Gasteiger partial charge in [-0.2, -0.15) is 0 Å². The van der Waals surface area contributed by atoms with E-state index in [0.717, 1.165) is 32.5 Å². The zero-order chi connectivity index (χ0) is 16.5. The first-order valence-electron chi connectivity index (χ1n) is 8.48. The van der Waals surface area contributed by atoms with Gasteiger partial charge in [0, 0.05) is 25.7 Å². The van der Waals surface area contributed by atoms with Gasteiger partial charge < -0.3 is 9.80 Å². The third-order valence-electron chi connectivity index (χ3n) is 4.25. The van der Waals surface area contributed by atoms with Crippen molar-refractivity contribution in [1.29, 1.82) is 0 Å². The minimum absolute atomic E-state index is 0.621. The maximum absolute atomic E-state index is 2.39. The van der Waals surface area contributed by atoms with E-state index < -0.39 is 0 Å². The maximum Gasteiger partial charge on any atom is 0.0162 e. The molecule has 2 nitrogen and oxygen atoms in total. The van der Waals surface area contributed by atoms with E-state index in [-0.39, 0.29) is 0 Å². The van der Waals surface area contributed by atoms with Crippen LogP contribution in [0.25, 0.3) is 0 Å². The van der Waals surface area contributed by atoms with Gasteiger partial charge in [-0.15, -0.1) is 0 Å². The van der Waals surface area contributed by atoms with Gasteiger partial charge in [0.2, 0.25) is 0 Å². The van der Waals surface area contributed by atoms with E-state index in [2.05, 4.69) is 81.9 Å². The molecule has 0 N–H and O–H groups in total. The molecule has 0 aliphatic heterocycles. The van der Waals surface area contributed by atoms with Crippen LogP contribution < -0.4 is 0 Å². The van der Waals surface area contributed by atoms with Crippen molar-refractivity contribution in [2.24, 2.45) is 0 Å². The van der Waals surface area contributed by atoms with Crippen LogP contribution in [0.5, 0.6) is 0 Å². The second-order valence-corrected chi connectivity index (χ2v) is 6.93. The lowest BCUT2D eigenvalue weighted by atomic mass is 10.1. The van der Waals surface area contributed by atoms with Crippen LogP contribution in [-0.4, -0.2) is 49.6 Å². The molecule has 2 heteroatoms. The molecule has 1 aromatic carbocycles. The van der Waals surface area contributed by atoms with Crippen molar-refractivity contribution in [2.45, 2.75) is 46.6 Å². The van der Waals surface area contributed by atoms with Crippen LogP contribution >= 0.6 is 0 Å². The van der Waals surface area contributed by atoms with Gasteiger partial charge in [-0.3, -0.25) is 0 Å². The molecule has 0 amide bonds. The van der Waals surface area contributed by atoms with Gasteiger partial charge in [-0.25, -0.2) is 0 Å². The lowest BCUT2D eigenvalue weighted by molar-refractivity contribution is 0.277. The highest BCUT2D eigenvalue weighted by molar-refractivity contribution is 5.23. The fourth-order valence-corrected chi connectivity index (χ4v) is 2.19.